The Morgan fingerprint density at radius 2 is 1.69 bits per heavy atom. The number of benzene rings is 1. The van der Waals surface area contributed by atoms with Crippen LogP contribution in [0.15, 0.2) is 35.4 Å². The Balaban J connectivity index is 2.48. The molecule has 84 valence electrons. The normalized spacial score (nSPS) is 16.4. The van der Waals surface area contributed by atoms with E-state index in [4.69, 9.17) is 0 Å². The Labute approximate surface area is 98.7 Å². The molecule has 1 aliphatic rings. The molecule has 0 amide bonds. The van der Waals surface area contributed by atoms with Crippen molar-refractivity contribution in [3.63, 3.8) is 0 Å². The molecule has 1 aromatic carbocycles. The maximum absolute atomic E-state index is 2.35. The van der Waals surface area contributed by atoms with E-state index in [1.165, 1.54) is 46.3 Å². The molecule has 0 saturated heterocycles. The predicted molar refractivity (Wildman–Crippen MR) is 71.5 cm³/mol. The van der Waals surface area contributed by atoms with E-state index in [0.717, 1.165) is 0 Å². The first-order valence-corrected chi connectivity index (χ1v) is 6.04. The van der Waals surface area contributed by atoms with Crippen LogP contribution in [0.1, 0.15) is 43.4 Å². The summed E-state index contributed by atoms with van der Waals surface area (Å²) in [6, 6.07) is 6.82. The molecule has 0 spiro atoms. The molecule has 0 unspecified atom stereocenters. The average Bonchev–Trinajstić information content (AvgIpc) is 2.26. The molecule has 0 saturated carbocycles. The van der Waals surface area contributed by atoms with Crippen LogP contribution >= 0.6 is 0 Å². The van der Waals surface area contributed by atoms with E-state index in [2.05, 4.69) is 52.0 Å². The summed E-state index contributed by atoms with van der Waals surface area (Å²) < 4.78 is 0. The van der Waals surface area contributed by atoms with Crippen molar-refractivity contribution >= 4 is 5.57 Å². The Morgan fingerprint density at radius 1 is 0.938 bits per heavy atom. The zero-order valence-corrected chi connectivity index (χ0v) is 10.7. The summed E-state index contributed by atoms with van der Waals surface area (Å²) in [6.45, 7) is 8.83. The highest BCUT2D eigenvalue weighted by molar-refractivity contribution is 5.73. The van der Waals surface area contributed by atoms with Gasteiger partial charge in [-0.2, -0.15) is 0 Å². The highest BCUT2D eigenvalue weighted by Gasteiger charge is 2.11. The zero-order valence-electron chi connectivity index (χ0n) is 10.7. The molecular formula is C16H20. The van der Waals surface area contributed by atoms with Crippen LogP contribution in [0.3, 0.4) is 0 Å². The lowest BCUT2D eigenvalue weighted by atomic mass is 9.87. The van der Waals surface area contributed by atoms with Crippen molar-refractivity contribution in [2.45, 2.75) is 40.5 Å². The predicted octanol–water partition coefficient (Wildman–Crippen LogP) is 4.82. The first-order chi connectivity index (χ1) is 7.59. The molecule has 2 rings (SSSR count). The van der Waals surface area contributed by atoms with Crippen LogP contribution in [-0.4, -0.2) is 0 Å². The van der Waals surface area contributed by atoms with E-state index in [1.807, 2.05) is 0 Å². The van der Waals surface area contributed by atoms with Gasteiger partial charge >= 0.3 is 0 Å². The minimum absolute atomic E-state index is 1.19. The Morgan fingerprint density at radius 3 is 2.38 bits per heavy atom. The maximum atomic E-state index is 2.35. The van der Waals surface area contributed by atoms with Crippen LogP contribution in [0.5, 0.6) is 0 Å². The lowest BCUT2D eigenvalue weighted by Crippen LogP contribution is -1.97. The molecule has 0 fully saturated rings. The second-order valence-corrected chi connectivity index (χ2v) is 4.83. The van der Waals surface area contributed by atoms with Crippen molar-refractivity contribution < 1.29 is 0 Å². The van der Waals surface area contributed by atoms with Gasteiger partial charge in [0, 0.05) is 0 Å². The third-order valence-corrected chi connectivity index (χ3v) is 3.74. The van der Waals surface area contributed by atoms with Crippen molar-refractivity contribution in [2.75, 3.05) is 0 Å². The molecule has 0 N–H and O–H groups in total. The van der Waals surface area contributed by atoms with Crippen molar-refractivity contribution in [1.82, 2.24) is 0 Å². The van der Waals surface area contributed by atoms with Crippen LogP contribution in [0.2, 0.25) is 0 Å². The van der Waals surface area contributed by atoms with Gasteiger partial charge in [0.15, 0.2) is 0 Å². The van der Waals surface area contributed by atoms with E-state index in [1.54, 1.807) is 0 Å². The highest BCUT2D eigenvalue weighted by atomic mass is 14.2. The standard InChI is InChI=1S/C16H20/c1-11-8-9-15(10-13(11)3)16-7-5-6-12(2)14(16)4/h6,8-10H,5,7H2,1-4H3. The molecule has 0 heteroatoms. The molecule has 0 heterocycles. The van der Waals surface area contributed by atoms with Gasteiger partial charge in [-0.3, -0.25) is 0 Å². The second-order valence-electron chi connectivity index (χ2n) is 4.83. The fourth-order valence-electron chi connectivity index (χ4n) is 2.30. The molecule has 0 radical (unpaired) electrons. The molecule has 1 aliphatic carbocycles. The van der Waals surface area contributed by atoms with Crippen LogP contribution in [0.25, 0.3) is 5.57 Å². The van der Waals surface area contributed by atoms with Crippen LogP contribution in [0, 0.1) is 13.8 Å². The smallest absolute Gasteiger partial charge is 0.0219 e. The zero-order chi connectivity index (χ0) is 11.7. The van der Waals surface area contributed by atoms with Crippen LogP contribution in [-0.2, 0) is 0 Å². The lowest BCUT2D eigenvalue weighted by molar-refractivity contribution is 1.01. The summed E-state index contributed by atoms with van der Waals surface area (Å²) in [6.07, 6.45) is 4.72. The molecule has 0 bridgehead atoms. The Hall–Kier alpha value is -1.30. The van der Waals surface area contributed by atoms with Crippen molar-refractivity contribution in [3.8, 4) is 0 Å². The Bertz CT molecular complexity index is 473. The molecule has 0 aliphatic heterocycles. The molecule has 1 aromatic rings. The van der Waals surface area contributed by atoms with Gasteiger partial charge < -0.3 is 0 Å². The minimum atomic E-state index is 1.19. The average molecular weight is 212 g/mol. The quantitative estimate of drug-likeness (QED) is 0.626. The van der Waals surface area contributed by atoms with Crippen molar-refractivity contribution in [1.29, 1.82) is 0 Å². The minimum Gasteiger partial charge on any atom is -0.0810 e. The number of hydrogen-bond acceptors (Lipinski definition) is 0. The number of rotatable bonds is 1. The molecule has 16 heavy (non-hydrogen) atoms. The largest absolute Gasteiger partial charge is 0.0810 e. The first kappa shape index (κ1) is 11.2. The molecular weight excluding hydrogens is 192 g/mol. The number of hydrogen-bond donors (Lipinski definition) is 0. The van der Waals surface area contributed by atoms with Gasteiger partial charge in [-0.15, -0.1) is 0 Å². The van der Waals surface area contributed by atoms with E-state index < -0.39 is 0 Å². The SMILES string of the molecule is CC1=CCCC(c2ccc(C)c(C)c2)=C1C. The van der Waals surface area contributed by atoms with E-state index in [9.17, 15) is 0 Å². The highest BCUT2D eigenvalue weighted by Crippen LogP contribution is 2.32. The summed E-state index contributed by atoms with van der Waals surface area (Å²) >= 11 is 0. The van der Waals surface area contributed by atoms with Crippen molar-refractivity contribution in [2.24, 2.45) is 0 Å². The van der Waals surface area contributed by atoms with E-state index in [-0.39, 0.29) is 0 Å². The van der Waals surface area contributed by atoms with E-state index in [0.29, 0.717) is 0 Å². The van der Waals surface area contributed by atoms with Gasteiger partial charge in [-0.1, -0.05) is 29.8 Å². The molecule has 0 nitrogen and oxygen atoms in total. The Kier molecular flexibility index (Phi) is 3.00. The lowest BCUT2D eigenvalue weighted by Gasteiger charge is -2.18. The fraction of sp³-hybridized carbons (Fsp3) is 0.375. The summed E-state index contributed by atoms with van der Waals surface area (Å²) in [5.74, 6) is 0. The summed E-state index contributed by atoms with van der Waals surface area (Å²) in [5.41, 5.74) is 8.63. The monoisotopic (exact) mass is 212 g/mol. The van der Waals surface area contributed by atoms with Gasteiger partial charge in [0.05, 0.1) is 0 Å². The topological polar surface area (TPSA) is 0 Å². The summed E-state index contributed by atoms with van der Waals surface area (Å²) in [5, 5.41) is 0. The number of aryl methyl sites for hydroxylation is 2. The van der Waals surface area contributed by atoms with Crippen molar-refractivity contribution in [3.05, 3.63) is 52.1 Å². The van der Waals surface area contributed by atoms with Gasteiger partial charge in [-0.25, -0.2) is 0 Å². The third-order valence-electron chi connectivity index (χ3n) is 3.74. The first-order valence-electron chi connectivity index (χ1n) is 6.04. The van der Waals surface area contributed by atoms with Gasteiger partial charge in [-0.05, 0) is 68.4 Å². The van der Waals surface area contributed by atoms with Crippen LogP contribution in [0.4, 0.5) is 0 Å². The second kappa shape index (κ2) is 4.29. The third kappa shape index (κ3) is 1.97. The van der Waals surface area contributed by atoms with Crippen LogP contribution < -0.4 is 0 Å². The summed E-state index contributed by atoms with van der Waals surface area (Å²) in [4.78, 5) is 0. The fourth-order valence-corrected chi connectivity index (χ4v) is 2.30. The van der Waals surface area contributed by atoms with Gasteiger partial charge in [0.2, 0.25) is 0 Å². The van der Waals surface area contributed by atoms with Gasteiger partial charge in [0.1, 0.15) is 0 Å². The summed E-state index contributed by atoms with van der Waals surface area (Å²) in [7, 11) is 0. The molecule has 0 aromatic heterocycles. The van der Waals surface area contributed by atoms with Gasteiger partial charge in [0.25, 0.3) is 0 Å². The maximum Gasteiger partial charge on any atom is -0.0219 e. The van der Waals surface area contributed by atoms with E-state index >= 15 is 0 Å². The molecule has 0 atom stereocenters. The number of allylic oxidation sites excluding steroid dienone is 4.